The average Bonchev–Trinajstić information content (AvgIpc) is 2.74. The summed E-state index contributed by atoms with van der Waals surface area (Å²) in [5, 5.41) is 0. The molecule has 7 heteroatoms. The predicted octanol–water partition coefficient (Wildman–Crippen LogP) is 3.38. The van der Waals surface area contributed by atoms with Gasteiger partial charge in [0.25, 0.3) is 0 Å². The van der Waals surface area contributed by atoms with E-state index < -0.39 is 5.60 Å². The van der Waals surface area contributed by atoms with Crippen LogP contribution in [0.25, 0.3) is 0 Å². The quantitative estimate of drug-likeness (QED) is 0.715. The van der Waals surface area contributed by atoms with Gasteiger partial charge in [-0.3, -0.25) is 9.69 Å². The molecule has 0 aromatic heterocycles. The Morgan fingerprint density at radius 2 is 1.55 bits per heavy atom. The summed E-state index contributed by atoms with van der Waals surface area (Å²) in [6, 6.07) is 8.26. The van der Waals surface area contributed by atoms with Crippen molar-refractivity contribution in [3.8, 4) is 5.75 Å². The van der Waals surface area contributed by atoms with Gasteiger partial charge in [0.1, 0.15) is 11.4 Å². The molecule has 2 aliphatic heterocycles. The second kappa shape index (κ2) is 10.4. The van der Waals surface area contributed by atoms with Gasteiger partial charge in [-0.2, -0.15) is 0 Å². The molecule has 7 nitrogen and oxygen atoms in total. The Bertz CT molecular complexity index is 728. The van der Waals surface area contributed by atoms with Gasteiger partial charge in [0.2, 0.25) is 5.91 Å². The van der Waals surface area contributed by atoms with Crippen LogP contribution in [0.1, 0.15) is 46.1 Å². The summed E-state index contributed by atoms with van der Waals surface area (Å²) in [6.07, 6.45) is 1.15. The van der Waals surface area contributed by atoms with E-state index in [2.05, 4.69) is 17.0 Å². The third-order valence-electron chi connectivity index (χ3n) is 5.82. The number of benzene rings is 1. The van der Waals surface area contributed by atoms with E-state index in [-0.39, 0.29) is 17.9 Å². The van der Waals surface area contributed by atoms with Crippen molar-refractivity contribution >= 4 is 12.0 Å². The fraction of sp³-hybridized carbons (Fsp3) is 0.667. The summed E-state index contributed by atoms with van der Waals surface area (Å²) in [5.41, 5.74) is 0.770. The number of hydrogen-bond donors (Lipinski definition) is 0. The van der Waals surface area contributed by atoms with Gasteiger partial charge in [-0.1, -0.05) is 12.1 Å². The summed E-state index contributed by atoms with van der Waals surface area (Å²) >= 11 is 0. The average molecular weight is 432 g/mol. The molecular formula is C24H37N3O4. The molecule has 0 unspecified atom stereocenters. The molecule has 0 N–H and O–H groups in total. The fourth-order valence-corrected chi connectivity index (χ4v) is 4.14. The Labute approximate surface area is 186 Å². The third kappa shape index (κ3) is 6.86. The molecule has 0 aliphatic carbocycles. The minimum absolute atomic E-state index is 0.0105. The van der Waals surface area contributed by atoms with Crippen LogP contribution in [0.15, 0.2) is 24.3 Å². The monoisotopic (exact) mass is 431 g/mol. The summed E-state index contributed by atoms with van der Waals surface area (Å²) in [7, 11) is 0. The molecule has 0 atom stereocenters. The first-order valence-corrected chi connectivity index (χ1v) is 11.5. The van der Waals surface area contributed by atoms with Gasteiger partial charge in [-0.05, 0) is 58.2 Å². The van der Waals surface area contributed by atoms with E-state index in [0.29, 0.717) is 32.5 Å². The Balaban J connectivity index is 1.41. The molecule has 2 fully saturated rings. The van der Waals surface area contributed by atoms with Crippen molar-refractivity contribution in [1.29, 1.82) is 0 Å². The van der Waals surface area contributed by atoms with Crippen molar-refractivity contribution < 1.29 is 19.1 Å². The zero-order chi connectivity index (χ0) is 22.4. The largest absolute Gasteiger partial charge is 0.494 e. The van der Waals surface area contributed by atoms with E-state index in [1.807, 2.05) is 44.7 Å². The highest BCUT2D eigenvalue weighted by molar-refractivity contribution is 5.79. The highest BCUT2D eigenvalue weighted by Gasteiger charge is 2.33. The van der Waals surface area contributed by atoms with Crippen LogP contribution in [-0.4, -0.2) is 78.2 Å². The van der Waals surface area contributed by atoms with Gasteiger partial charge in [0.15, 0.2) is 0 Å². The number of ether oxygens (including phenoxy) is 2. The first-order chi connectivity index (χ1) is 14.7. The second-order valence-electron chi connectivity index (χ2n) is 9.42. The van der Waals surface area contributed by atoms with Crippen molar-refractivity contribution in [2.75, 3.05) is 45.9 Å². The molecule has 0 radical (unpaired) electrons. The number of hydrogen-bond acceptors (Lipinski definition) is 5. The van der Waals surface area contributed by atoms with Gasteiger partial charge in [0, 0.05) is 51.7 Å². The lowest BCUT2D eigenvalue weighted by Gasteiger charge is -2.38. The Morgan fingerprint density at radius 3 is 2.10 bits per heavy atom. The van der Waals surface area contributed by atoms with Crippen molar-refractivity contribution in [3.05, 3.63) is 29.8 Å². The zero-order valence-electron chi connectivity index (χ0n) is 19.4. The van der Waals surface area contributed by atoms with Gasteiger partial charge in [-0.25, -0.2) is 4.79 Å². The molecule has 2 aliphatic rings. The van der Waals surface area contributed by atoms with Gasteiger partial charge in [-0.15, -0.1) is 0 Å². The molecule has 2 amide bonds. The van der Waals surface area contributed by atoms with Crippen LogP contribution in [-0.2, 0) is 16.1 Å². The standard InChI is InChI=1S/C24H37N3O4/c1-5-30-21-8-6-19(7-9-21)18-25-14-16-26(17-15-25)22(28)20-10-12-27(13-11-20)23(29)31-24(2,3)4/h6-9,20H,5,10-18H2,1-4H3. The van der Waals surface area contributed by atoms with E-state index in [9.17, 15) is 9.59 Å². The maximum atomic E-state index is 13.0. The maximum Gasteiger partial charge on any atom is 0.410 e. The summed E-state index contributed by atoms with van der Waals surface area (Å²) < 4.78 is 11.0. The minimum atomic E-state index is -0.491. The lowest BCUT2D eigenvalue weighted by molar-refractivity contribution is -0.139. The van der Waals surface area contributed by atoms with Crippen molar-refractivity contribution in [3.63, 3.8) is 0 Å². The fourth-order valence-electron chi connectivity index (χ4n) is 4.14. The van der Waals surface area contributed by atoms with E-state index in [1.54, 1.807) is 4.90 Å². The van der Waals surface area contributed by atoms with E-state index >= 15 is 0 Å². The molecule has 0 bridgehead atoms. The molecule has 31 heavy (non-hydrogen) atoms. The zero-order valence-corrected chi connectivity index (χ0v) is 19.4. The van der Waals surface area contributed by atoms with Gasteiger partial charge in [0.05, 0.1) is 6.61 Å². The lowest BCUT2D eigenvalue weighted by Crippen LogP contribution is -2.51. The van der Waals surface area contributed by atoms with Crippen LogP contribution in [0.4, 0.5) is 4.79 Å². The predicted molar refractivity (Wildman–Crippen MR) is 120 cm³/mol. The normalized spacial score (nSPS) is 18.7. The molecule has 2 saturated heterocycles. The molecule has 0 spiro atoms. The number of piperidine rings is 1. The molecule has 1 aromatic rings. The smallest absolute Gasteiger partial charge is 0.410 e. The number of piperazine rings is 1. The number of nitrogens with zero attached hydrogens (tertiary/aromatic N) is 3. The SMILES string of the molecule is CCOc1ccc(CN2CCN(C(=O)C3CCN(C(=O)OC(C)(C)C)CC3)CC2)cc1. The molecular weight excluding hydrogens is 394 g/mol. The van der Waals surface area contributed by atoms with Gasteiger partial charge >= 0.3 is 6.09 Å². The topological polar surface area (TPSA) is 62.3 Å². The van der Waals surface area contributed by atoms with E-state index in [0.717, 1.165) is 38.5 Å². The molecule has 3 rings (SSSR count). The second-order valence-corrected chi connectivity index (χ2v) is 9.42. The lowest BCUT2D eigenvalue weighted by atomic mass is 9.95. The van der Waals surface area contributed by atoms with Crippen molar-refractivity contribution in [1.82, 2.24) is 14.7 Å². The molecule has 172 valence electrons. The highest BCUT2D eigenvalue weighted by atomic mass is 16.6. The molecule has 1 aromatic carbocycles. The first kappa shape index (κ1) is 23.4. The molecule has 2 heterocycles. The van der Waals surface area contributed by atoms with Crippen LogP contribution in [0.3, 0.4) is 0 Å². The Kier molecular flexibility index (Phi) is 7.81. The summed E-state index contributed by atoms with van der Waals surface area (Å²) in [4.78, 5) is 31.3. The van der Waals surface area contributed by atoms with E-state index in [1.165, 1.54) is 5.56 Å². The summed E-state index contributed by atoms with van der Waals surface area (Å²) in [5.74, 6) is 1.15. The van der Waals surface area contributed by atoms with Crippen molar-refractivity contribution in [2.45, 2.75) is 52.7 Å². The minimum Gasteiger partial charge on any atom is -0.494 e. The Morgan fingerprint density at radius 1 is 0.935 bits per heavy atom. The van der Waals surface area contributed by atoms with Crippen LogP contribution in [0.2, 0.25) is 0 Å². The van der Waals surface area contributed by atoms with Crippen LogP contribution in [0.5, 0.6) is 5.75 Å². The number of carbonyl (C=O) groups is 2. The van der Waals surface area contributed by atoms with Crippen LogP contribution >= 0.6 is 0 Å². The third-order valence-corrected chi connectivity index (χ3v) is 5.82. The highest BCUT2D eigenvalue weighted by Crippen LogP contribution is 2.23. The van der Waals surface area contributed by atoms with Crippen molar-refractivity contribution in [2.24, 2.45) is 5.92 Å². The number of rotatable bonds is 5. The number of carbonyl (C=O) groups excluding carboxylic acids is 2. The number of amides is 2. The van der Waals surface area contributed by atoms with Gasteiger partial charge < -0.3 is 19.3 Å². The summed E-state index contributed by atoms with van der Waals surface area (Å²) in [6.45, 7) is 13.6. The molecule has 0 saturated carbocycles. The number of likely N-dealkylation sites (tertiary alicyclic amines) is 1. The van der Waals surface area contributed by atoms with Crippen LogP contribution < -0.4 is 4.74 Å². The van der Waals surface area contributed by atoms with Crippen LogP contribution in [0, 0.1) is 5.92 Å². The maximum absolute atomic E-state index is 13.0. The first-order valence-electron chi connectivity index (χ1n) is 11.5. The Hall–Kier alpha value is -2.28. The van der Waals surface area contributed by atoms with E-state index in [4.69, 9.17) is 9.47 Å².